The monoisotopic (exact) mass is 221 g/mol. The van der Waals surface area contributed by atoms with Gasteiger partial charge in [0.2, 0.25) is 0 Å². The number of aromatic hydroxyl groups is 1. The van der Waals surface area contributed by atoms with Gasteiger partial charge in [0.25, 0.3) is 0 Å². The van der Waals surface area contributed by atoms with E-state index in [0.717, 1.165) is 0 Å². The van der Waals surface area contributed by atoms with Gasteiger partial charge in [-0.3, -0.25) is 4.99 Å². The zero-order chi connectivity index (χ0) is 12.0. The summed E-state index contributed by atoms with van der Waals surface area (Å²) in [6, 6.07) is 5.60. The summed E-state index contributed by atoms with van der Waals surface area (Å²) < 4.78 is 0. The van der Waals surface area contributed by atoms with Gasteiger partial charge >= 0.3 is 0 Å². The Morgan fingerprint density at radius 2 is 2.31 bits per heavy atom. The number of carboxylic acids is 1. The van der Waals surface area contributed by atoms with E-state index in [1.807, 2.05) is 0 Å². The van der Waals surface area contributed by atoms with E-state index in [0.29, 0.717) is 5.56 Å². The number of aliphatic imine (C=N–C) groups is 1. The van der Waals surface area contributed by atoms with Crippen molar-refractivity contribution in [2.24, 2.45) is 4.99 Å². The van der Waals surface area contributed by atoms with Crippen LogP contribution in [-0.2, 0) is 4.79 Å². The van der Waals surface area contributed by atoms with Gasteiger partial charge in [-0.15, -0.1) is 0 Å². The van der Waals surface area contributed by atoms with E-state index in [1.165, 1.54) is 12.3 Å². The van der Waals surface area contributed by atoms with Crippen LogP contribution in [0.2, 0.25) is 0 Å². The third-order valence-electron chi connectivity index (χ3n) is 2.00. The highest BCUT2D eigenvalue weighted by Gasteiger charge is 2.05. The van der Waals surface area contributed by atoms with Crippen LogP contribution in [-0.4, -0.2) is 36.9 Å². The standard InChI is InChI=1S/C11H14N2O3/c1-12-7-9(11(15)16)13-6-8-4-2-3-5-10(8)14/h2-6,9,12,14H,7H2,1H3,(H,15,16)/p-1. The molecule has 0 bridgehead atoms. The van der Waals surface area contributed by atoms with Crippen LogP contribution in [0.25, 0.3) is 0 Å². The lowest BCUT2D eigenvalue weighted by Gasteiger charge is -2.12. The van der Waals surface area contributed by atoms with E-state index >= 15 is 0 Å². The maximum Gasteiger partial charge on any atom is 0.124 e. The van der Waals surface area contributed by atoms with Crippen molar-refractivity contribution >= 4 is 12.2 Å². The lowest BCUT2D eigenvalue weighted by Crippen LogP contribution is -2.40. The molecule has 86 valence electrons. The molecule has 0 heterocycles. The summed E-state index contributed by atoms with van der Waals surface area (Å²) in [6.07, 6.45) is 1.33. The Morgan fingerprint density at radius 3 is 2.88 bits per heavy atom. The van der Waals surface area contributed by atoms with Crippen LogP contribution in [0.5, 0.6) is 5.75 Å². The lowest BCUT2D eigenvalue weighted by atomic mass is 10.2. The average Bonchev–Trinajstić information content (AvgIpc) is 2.26. The summed E-state index contributed by atoms with van der Waals surface area (Å²) in [7, 11) is 1.63. The number of carbonyl (C=O) groups excluding carboxylic acids is 1. The summed E-state index contributed by atoms with van der Waals surface area (Å²) in [5.41, 5.74) is 0.477. The predicted octanol–water partition coefficient (Wildman–Crippen LogP) is -0.851. The first-order valence-corrected chi connectivity index (χ1v) is 4.81. The van der Waals surface area contributed by atoms with Crippen molar-refractivity contribution in [3.05, 3.63) is 29.8 Å². The highest BCUT2D eigenvalue weighted by molar-refractivity contribution is 5.85. The van der Waals surface area contributed by atoms with Crippen molar-refractivity contribution in [3.8, 4) is 5.75 Å². The van der Waals surface area contributed by atoms with Gasteiger partial charge in [-0.1, -0.05) is 12.1 Å². The molecule has 0 spiro atoms. The van der Waals surface area contributed by atoms with Gasteiger partial charge in [0.1, 0.15) is 11.8 Å². The Balaban J connectivity index is 2.78. The van der Waals surface area contributed by atoms with Crippen LogP contribution >= 0.6 is 0 Å². The van der Waals surface area contributed by atoms with E-state index in [2.05, 4.69) is 10.3 Å². The largest absolute Gasteiger partial charge is 0.548 e. The Bertz CT molecular complexity index is 391. The maximum atomic E-state index is 10.7. The minimum absolute atomic E-state index is 0.0628. The number of para-hydroxylation sites is 1. The number of aliphatic carboxylic acids is 1. The molecule has 5 nitrogen and oxygen atoms in total. The summed E-state index contributed by atoms with van der Waals surface area (Å²) in [4.78, 5) is 14.5. The van der Waals surface area contributed by atoms with Gasteiger partial charge in [0.05, 0.1) is 5.97 Å². The molecule has 1 aromatic rings. The number of nitrogens with zero attached hydrogens (tertiary/aromatic N) is 1. The second-order valence-electron chi connectivity index (χ2n) is 3.23. The molecular formula is C11H13N2O3-. The lowest BCUT2D eigenvalue weighted by molar-refractivity contribution is -0.307. The molecule has 0 radical (unpaired) electrons. The van der Waals surface area contributed by atoms with E-state index in [4.69, 9.17) is 0 Å². The number of carbonyl (C=O) groups is 1. The number of hydrogen-bond acceptors (Lipinski definition) is 5. The molecule has 0 aliphatic rings. The molecule has 5 heteroatoms. The number of phenolic OH excluding ortho intramolecular Hbond substituents is 1. The Labute approximate surface area is 93.5 Å². The number of rotatable bonds is 5. The Morgan fingerprint density at radius 1 is 1.62 bits per heavy atom. The van der Waals surface area contributed by atoms with Gasteiger partial charge < -0.3 is 20.3 Å². The van der Waals surface area contributed by atoms with E-state index in [9.17, 15) is 15.0 Å². The van der Waals surface area contributed by atoms with Crippen molar-refractivity contribution in [2.45, 2.75) is 6.04 Å². The molecule has 1 rings (SSSR count). The molecule has 0 aliphatic carbocycles. The van der Waals surface area contributed by atoms with Gasteiger partial charge in [0, 0.05) is 18.3 Å². The van der Waals surface area contributed by atoms with Gasteiger partial charge in [0.15, 0.2) is 0 Å². The van der Waals surface area contributed by atoms with Crippen LogP contribution in [0, 0.1) is 0 Å². The molecule has 2 N–H and O–H groups in total. The fraction of sp³-hybridized carbons (Fsp3) is 0.273. The highest BCUT2D eigenvalue weighted by Crippen LogP contribution is 2.12. The van der Waals surface area contributed by atoms with Gasteiger partial charge in [-0.2, -0.15) is 0 Å². The summed E-state index contributed by atoms with van der Waals surface area (Å²) >= 11 is 0. The second-order valence-corrected chi connectivity index (χ2v) is 3.23. The van der Waals surface area contributed by atoms with Crippen LogP contribution < -0.4 is 10.4 Å². The zero-order valence-corrected chi connectivity index (χ0v) is 8.88. The maximum absolute atomic E-state index is 10.7. The normalized spacial score (nSPS) is 12.8. The first kappa shape index (κ1) is 12.2. The van der Waals surface area contributed by atoms with Gasteiger partial charge in [-0.25, -0.2) is 0 Å². The van der Waals surface area contributed by atoms with Crippen LogP contribution in [0.3, 0.4) is 0 Å². The topological polar surface area (TPSA) is 84.8 Å². The van der Waals surface area contributed by atoms with Crippen LogP contribution in [0.1, 0.15) is 5.56 Å². The predicted molar refractivity (Wildman–Crippen MR) is 58.4 cm³/mol. The molecule has 0 amide bonds. The number of benzene rings is 1. The molecule has 0 saturated carbocycles. The van der Waals surface area contributed by atoms with E-state index in [-0.39, 0.29) is 12.3 Å². The number of phenols is 1. The molecule has 0 fully saturated rings. The molecule has 1 aromatic carbocycles. The van der Waals surface area contributed by atoms with Crippen LogP contribution in [0.4, 0.5) is 0 Å². The number of likely N-dealkylation sites (N-methyl/N-ethyl adjacent to an activating group) is 1. The molecule has 16 heavy (non-hydrogen) atoms. The molecule has 1 unspecified atom stereocenters. The smallest absolute Gasteiger partial charge is 0.124 e. The first-order chi connectivity index (χ1) is 7.65. The molecule has 0 aliphatic heterocycles. The number of hydrogen-bond donors (Lipinski definition) is 2. The van der Waals surface area contributed by atoms with Crippen molar-refractivity contribution in [2.75, 3.05) is 13.6 Å². The second kappa shape index (κ2) is 5.87. The zero-order valence-electron chi connectivity index (χ0n) is 8.88. The third kappa shape index (κ3) is 3.36. The Kier molecular flexibility index (Phi) is 4.47. The summed E-state index contributed by atoms with van der Waals surface area (Å²) in [5, 5.41) is 22.8. The molecule has 0 aromatic heterocycles. The highest BCUT2D eigenvalue weighted by atomic mass is 16.4. The summed E-state index contributed by atoms with van der Waals surface area (Å²) in [5.74, 6) is -1.19. The minimum Gasteiger partial charge on any atom is -0.548 e. The number of nitrogens with one attached hydrogen (secondary N) is 1. The van der Waals surface area contributed by atoms with Crippen molar-refractivity contribution in [3.63, 3.8) is 0 Å². The Hall–Kier alpha value is -1.88. The molecule has 0 saturated heterocycles. The van der Waals surface area contributed by atoms with Crippen molar-refractivity contribution in [1.82, 2.24) is 5.32 Å². The first-order valence-electron chi connectivity index (χ1n) is 4.81. The van der Waals surface area contributed by atoms with Crippen molar-refractivity contribution in [1.29, 1.82) is 0 Å². The average molecular weight is 221 g/mol. The molecular weight excluding hydrogens is 208 g/mol. The fourth-order valence-electron chi connectivity index (χ4n) is 1.16. The van der Waals surface area contributed by atoms with Gasteiger partial charge in [-0.05, 0) is 19.2 Å². The summed E-state index contributed by atoms with van der Waals surface area (Å²) in [6.45, 7) is 0.187. The SMILES string of the molecule is CNCC(N=Cc1ccccc1O)C(=O)[O-]. The fourth-order valence-corrected chi connectivity index (χ4v) is 1.16. The number of carboxylic acid groups (broad SMARTS) is 1. The molecule has 1 atom stereocenters. The van der Waals surface area contributed by atoms with E-state index in [1.54, 1.807) is 25.2 Å². The van der Waals surface area contributed by atoms with Crippen LogP contribution in [0.15, 0.2) is 29.3 Å². The quantitative estimate of drug-likeness (QED) is 0.634. The minimum atomic E-state index is -1.25. The van der Waals surface area contributed by atoms with Crippen molar-refractivity contribution < 1.29 is 15.0 Å². The third-order valence-corrected chi connectivity index (χ3v) is 2.00. The van der Waals surface area contributed by atoms with E-state index < -0.39 is 12.0 Å².